The molecule has 0 spiro atoms. The summed E-state index contributed by atoms with van der Waals surface area (Å²) >= 11 is 0. The number of para-hydroxylation sites is 1. The Morgan fingerprint density at radius 3 is 2.63 bits per heavy atom. The molecule has 0 bridgehead atoms. The summed E-state index contributed by atoms with van der Waals surface area (Å²) in [6.45, 7) is -0.418. The van der Waals surface area contributed by atoms with E-state index in [4.69, 9.17) is 14.6 Å². The number of carboxylic acid groups (broad SMARTS) is 1. The first kappa shape index (κ1) is 14.6. The molecule has 1 rings (SSSR count). The van der Waals surface area contributed by atoms with Gasteiger partial charge in [0.2, 0.25) is 5.91 Å². The van der Waals surface area contributed by atoms with E-state index >= 15 is 0 Å². The maximum absolute atomic E-state index is 11.3. The Labute approximate surface area is 110 Å². The van der Waals surface area contributed by atoms with Crippen LogP contribution in [0.2, 0.25) is 0 Å². The van der Waals surface area contributed by atoms with E-state index in [1.165, 1.54) is 26.4 Å². The van der Waals surface area contributed by atoms with Crippen LogP contribution >= 0.6 is 0 Å². The average Bonchev–Trinajstić information content (AvgIpc) is 2.42. The lowest BCUT2D eigenvalue weighted by atomic mass is 10.1. The van der Waals surface area contributed by atoms with Gasteiger partial charge >= 0.3 is 5.97 Å². The van der Waals surface area contributed by atoms with Gasteiger partial charge in [0.05, 0.1) is 14.2 Å². The number of aliphatic carboxylic acids is 1. The third-order valence-electron chi connectivity index (χ3n) is 2.26. The van der Waals surface area contributed by atoms with Gasteiger partial charge in [0, 0.05) is 11.6 Å². The van der Waals surface area contributed by atoms with Crippen LogP contribution < -0.4 is 14.8 Å². The first-order valence-corrected chi connectivity index (χ1v) is 5.47. The Hall–Kier alpha value is -2.50. The van der Waals surface area contributed by atoms with E-state index in [-0.39, 0.29) is 0 Å². The Kier molecular flexibility index (Phi) is 5.40. The number of ether oxygens (including phenoxy) is 2. The van der Waals surface area contributed by atoms with Crippen LogP contribution in [0.15, 0.2) is 24.3 Å². The predicted octanol–water partition coefficient (Wildman–Crippen LogP) is 0.918. The van der Waals surface area contributed by atoms with Gasteiger partial charge in [-0.2, -0.15) is 0 Å². The van der Waals surface area contributed by atoms with Crippen molar-refractivity contribution >= 4 is 18.0 Å². The van der Waals surface area contributed by atoms with Gasteiger partial charge in [-0.1, -0.05) is 12.1 Å². The summed E-state index contributed by atoms with van der Waals surface area (Å²) in [5, 5.41) is 10.6. The Bertz CT molecular complexity index is 496. The number of nitrogens with one attached hydrogen (secondary N) is 1. The molecule has 1 amide bonds. The average molecular weight is 265 g/mol. The van der Waals surface area contributed by atoms with Crippen molar-refractivity contribution in [2.75, 3.05) is 20.8 Å². The van der Waals surface area contributed by atoms with Crippen LogP contribution in [0.3, 0.4) is 0 Å². The van der Waals surface area contributed by atoms with Crippen LogP contribution in [-0.2, 0) is 9.59 Å². The zero-order valence-corrected chi connectivity index (χ0v) is 10.7. The van der Waals surface area contributed by atoms with E-state index in [0.717, 1.165) is 0 Å². The number of carbonyl (C=O) groups excluding carboxylic acids is 1. The fourth-order valence-electron chi connectivity index (χ4n) is 1.43. The Morgan fingerprint density at radius 1 is 1.32 bits per heavy atom. The summed E-state index contributed by atoms with van der Waals surface area (Å²) in [4.78, 5) is 21.6. The van der Waals surface area contributed by atoms with E-state index in [1.807, 2.05) is 0 Å². The van der Waals surface area contributed by atoms with E-state index in [1.54, 1.807) is 18.2 Å². The molecule has 6 heteroatoms. The van der Waals surface area contributed by atoms with Gasteiger partial charge in [-0.3, -0.25) is 9.59 Å². The number of carboxylic acids is 1. The maximum Gasteiger partial charge on any atom is 0.322 e. The highest BCUT2D eigenvalue weighted by molar-refractivity contribution is 5.93. The lowest BCUT2D eigenvalue weighted by Gasteiger charge is -2.09. The molecular formula is C13H15NO5. The summed E-state index contributed by atoms with van der Waals surface area (Å²) in [5.74, 6) is -0.532. The summed E-state index contributed by atoms with van der Waals surface area (Å²) in [7, 11) is 3.02. The van der Waals surface area contributed by atoms with Gasteiger partial charge in [-0.25, -0.2) is 0 Å². The minimum absolute atomic E-state index is 0.418. The number of carbonyl (C=O) groups is 2. The second kappa shape index (κ2) is 7.05. The fourth-order valence-corrected chi connectivity index (χ4v) is 1.43. The molecule has 0 unspecified atom stereocenters. The van der Waals surface area contributed by atoms with E-state index < -0.39 is 18.4 Å². The summed E-state index contributed by atoms with van der Waals surface area (Å²) in [5.41, 5.74) is 0.660. The van der Waals surface area contributed by atoms with Crippen molar-refractivity contribution in [3.63, 3.8) is 0 Å². The van der Waals surface area contributed by atoms with Gasteiger partial charge in [0.15, 0.2) is 11.5 Å². The standard InChI is InChI=1S/C13H15NO5/c1-18-10-5-3-4-9(13(10)19-2)6-7-11(15)14-8-12(16)17/h3-7H,8H2,1-2H3,(H,14,15)(H,16,17). The topological polar surface area (TPSA) is 84.9 Å². The van der Waals surface area contributed by atoms with Crippen LogP contribution in [-0.4, -0.2) is 37.7 Å². The molecule has 0 fully saturated rings. The highest BCUT2D eigenvalue weighted by Gasteiger charge is 2.07. The maximum atomic E-state index is 11.3. The van der Waals surface area contributed by atoms with Crippen molar-refractivity contribution in [3.8, 4) is 11.5 Å². The number of amides is 1. The molecule has 0 aliphatic carbocycles. The number of hydrogen-bond acceptors (Lipinski definition) is 4. The van der Waals surface area contributed by atoms with Gasteiger partial charge in [0.1, 0.15) is 6.54 Å². The molecule has 0 saturated heterocycles. The van der Waals surface area contributed by atoms with Crippen molar-refractivity contribution in [1.29, 1.82) is 0 Å². The molecule has 0 atom stereocenters. The van der Waals surface area contributed by atoms with Gasteiger partial charge in [-0.05, 0) is 12.1 Å². The second-order valence-corrected chi connectivity index (χ2v) is 3.53. The fraction of sp³-hybridized carbons (Fsp3) is 0.231. The molecule has 0 radical (unpaired) electrons. The van der Waals surface area contributed by atoms with Crippen LogP contribution in [0, 0.1) is 0 Å². The van der Waals surface area contributed by atoms with Crippen molar-refractivity contribution in [3.05, 3.63) is 29.8 Å². The Balaban J connectivity index is 2.81. The largest absolute Gasteiger partial charge is 0.493 e. The summed E-state index contributed by atoms with van der Waals surface area (Å²) < 4.78 is 10.3. The SMILES string of the molecule is COc1cccc(C=CC(=O)NCC(=O)O)c1OC. The number of methoxy groups -OCH3 is 2. The van der Waals surface area contributed by atoms with E-state index in [2.05, 4.69) is 5.32 Å². The molecule has 0 heterocycles. The molecule has 19 heavy (non-hydrogen) atoms. The molecule has 6 nitrogen and oxygen atoms in total. The third kappa shape index (κ3) is 4.34. The van der Waals surface area contributed by atoms with Crippen LogP contribution in [0.1, 0.15) is 5.56 Å². The van der Waals surface area contributed by atoms with Crippen LogP contribution in [0.25, 0.3) is 6.08 Å². The normalized spacial score (nSPS) is 10.2. The van der Waals surface area contributed by atoms with E-state index in [0.29, 0.717) is 17.1 Å². The molecule has 0 aliphatic rings. The minimum Gasteiger partial charge on any atom is -0.493 e. The highest BCUT2D eigenvalue weighted by Crippen LogP contribution is 2.31. The lowest BCUT2D eigenvalue weighted by molar-refractivity contribution is -0.137. The number of benzene rings is 1. The van der Waals surface area contributed by atoms with E-state index in [9.17, 15) is 9.59 Å². The molecule has 102 valence electrons. The van der Waals surface area contributed by atoms with Crippen molar-refractivity contribution in [2.24, 2.45) is 0 Å². The molecule has 1 aromatic rings. The first-order chi connectivity index (χ1) is 9.08. The monoisotopic (exact) mass is 265 g/mol. The number of hydrogen-bond donors (Lipinski definition) is 2. The lowest BCUT2D eigenvalue weighted by Crippen LogP contribution is -2.27. The first-order valence-electron chi connectivity index (χ1n) is 5.47. The summed E-state index contributed by atoms with van der Waals surface area (Å²) in [6, 6.07) is 5.25. The highest BCUT2D eigenvalue weighted by atomic mass is 16.5. The Morgan fingerprint density at radius 2 is 2.05 bits per heavy atom. The third-order valence-corrected chi connectivity index (χ3v) is 2.26. The molecule has 0 aliphatic heterocycles. The quantitative estimate of drug-likeness (QED) is 0.747. The van der Waals surface area contributed by atoms with Crippen molar-refractivity contribution < 1.29 is 24.2 Å². The molecule has 1 aromatic carbocycles. The zero-order valence-electron chi connectivity index (χ0n) is 10.7. The summed E-state index contributed by atoms with van der Waals surface area (Å²) in [6.07, 6.45) is 2.76. The van der Waals surface area contributed by atoms with Gasteiger partial charge in [-0.15, -0.1) is 0 Å². The van der Waals surface area contributed by atoms with Gasteiger partial charge in [0.25, 0.3) is 0 Å². The smallest absolute Gasteiger partial charge is 0.322 e. The molecule has 0 saturated carbocycles. The van der Waals surface area contributed by atoms with Crippen molar-refractivity contribution in [2.45, 2.75) is 0 Å². The van der Waals surface area contributed by atoms with Gasteiger partial charge < -0.3 is 19.9 Å². The van der Waals surface area contributed by atoms with Crippen LogP contribution in [0.5, 0.6) is 11.5 Å². The second-order valence-electron chi connectivity index (χ2n) is 3.53. The molecule has 2 N–H and O–H groups in total. The molecule has 0 aromatic heterocycles. The minimum atomic E-state index is -1.10. The van der Waals surface area contributed by atoms with Crippen molar-refractivity contribution in [1.82, 2.24) is 5.32 Å². The zero-order chi connectivity index (χ0) is 14.3. The predicted molar refractivity (Wildman–Crippen MR) is 69.2 cm³/mol. The van der Waals surface area contributed by atoms with Crippen LogP contribution in [0.4, 0.5) is 0 Å². The number of rotatable bonds is 6. The molecular weight excluding hydrogens is 250 g/mol.